The van der Waals surface area contributed by atoms with E-state index in [1.165, 1.54) is 12.1 Å². The summed E-state index contributed by atoms with van der Waals surface area (Å²) in [7, 11) is 0. The molecule has 30 heavy (non-hydrogen) atoms. The van der Waals surface area contributed by atoms with E-state index in [2.05, 4.69) is 31.2 Å². The second-order valence-electron chi connectivity index (χ2n) is 7.68. The van der Waals surface area contributed by atoms with Gasteiger partial charge in [-0.1, -0.05) is 28.1 Å². The highest BCUT2D eigenvalue weighted by atomic mass is 79.9. The summed E-state index contributed by atoms with van der Waals surface area (Å²) in [5.41, 5.74) is 3.45. The van der Waals surface area contributed by atoms with Crippen LogP contribution in [0.15, 0.2) is 59.2 Å². The summed E-state index contributed by atoms with van der Waals surface area (Å²) in [6, 6.07) is 14.6. The number of likely N-dealkylation sites (tertiary alicyclic amines) is 1. The number of nitrogens with one attached hydrogen (secondary N) is 1. The molecular weight excluding hydrogens is 447 g/mol. The van der Waals surface area contributed by atoms with Gasteiger partial charge in [0.25, 0.3) is 5.91 Å². The molecule has 7 heteroatoms. The molecular formula is C23H24BrFN4O. The molecule has 0 radical (unpaired) electrons. The zero-order valence-electron chi connectivity index (χ0n) is 16.8. The maximum Gasteiger partial charge on any atom is 0.254 e. The van der Waals surface area contributed by atoms with Crippen molar-refractivity contribution in [2.24, 2.45) is 0 Å². The predicted molar refractivity (Wildman–Crippen MR) is 118 cm³/mol. The van der Waals surface area contributed by atoms with E-state index in [1.807, 2.05) is 43.3 Å². The van der Waals surface area contributed by atoms with E-state index in [4.69, 9.17) is 0 Å². The minimum Gasteiger partial charge on any atom is -0.349 e. The Labute approximate surface area is 184 Å². The van der Waals surface area contributed by atoms with Gasteiger partial charge in [0, 0.05) is 30.1 Å². The first kappa shape index (κ1) is 20.8. The summed E-state index contributed by atoms with van der Waals surface area (Å²) in [6.45, 7) is 4.52. The van der Waals surface area contributed by atoms with E-state index in [0.29, 0.717) is 5.56 Å². The Hall–Kier alpha value is -2.51. The van der Waals surface area contributed by atoms with Gasteiger partial charge in [-0.05, 0) is 61.7 Å². The first-order valence-corrected chi connectivity index (χ1v) is 10.9. The topological polar surface area (TPSA) is 50.2 Å². The van der Waals surface area contributed by atoms with Crippen LogP contribution >= 0.6 is 15.9 Å². The fourth-order valence-corrected chi connectivity index (χ4v) is 4.09. The SMILES string of the molecule is Cc1c(C(=O)NC2CCN(Cc3ccc(F)cc3)CC2)cnn1-c1ccc(Br)cc1. The summed E-state index contributed by atoms with van der Waals surface area (Å²) < 4.78 is 15.8. The minimum atomic E-state index is -0.209. The predicted octanol–water partition coefficient (Wildman–Crippen LogP) is 4.48. The monoisotopic (exact) mass is 470 g/mol. The molecule has 0 bridgehead atoms. The smallest absolute Gasteiger partial charge is 0.254 e. The molecule has 1 N–H and O–H groups in total. The van der Waals surface area contributed by atoms with E-state index in [-0.39, 0.29) is 17.8 Å². The van der Waals surface area contributed by atoms with Crippen molar-refractivity contribution < 1.29 is 9.18 Å². The normalized spacial score (nSPS) is 15.3. The number of carbonyl (C=O) groups is 1. The third kappa shape index (κ3) is 4.79. The van der Waals surface area contributed by atoms with Gasteiger partial charge in [0.05, 0.1) is 23.1 Å². The number of halogens is 2. The van der Waals surface area contributed by atoms with E-state index in [0.717, 1.165) is 53.9 Å². The second-order valence-corrected chi connectivity index (χ2v) is 8.60. The summed E-state index contributed by atoms with van der Waals surface area (Å²) in [5, 5.41) is 7.57. The van der Waals surface area contributed by atoms with Crippen LogP contribution in [0.2, 0.25) is 0 Å². The average Bonchev–Trinajstić information content (AvgIpc) is 3.13. The van der Waals surface area contributed by atoms with E-state index in [1.54, 1.807) is 10.9 Å². The molecule has 1 aromatic heterocycles. The fraction of sp³-hybridized carbons (Fsp3) is 0.304. The molecule has 4 rings (SSSR count). The van der Waals surface area contributed by atoms with Crippen molar-refractivity contribution >= 4 is 21.8 Å². The number of nitrogens with zero attached hydrogens (tertiary/aromatic N) is 3. The van der Waals surface area contributed by atoms with Crippen molar-refractivity contribution in [3.8, 4) is 5.69 Å². The van der Waals surface area contributed by atoms with Crippen molar-refractivity contribution in [3.05, 3.63) is 81.8 Å². The fourth-order valence-electron chi connectivity index (χ4n) is 3.82. The van der Waals surface area contributed by atoms with E-state index < -0.39 is 0 Å². The Morgan fingerprint density at radius 3 is 2.47 bits per heavy atom. The maximum atomic E-state index is 13.1. The van der Waals surface area contributed by atoms with Gasteiger partial charge >= 0.3 is 0 Å². The molecule has 2 heterocycles. The summed E-state index contributed by atoms with van der Waals surface area (Å²) in [4.78, 5) is 15.2. The summed E-state index contributed by atoms with van der Waals surface area (Å²) in [5.74, 6) is -0.285. The lowest BCUT2D eigenvalue weighted by atomic mass is 10.0. The van der Waals surface area contributed by atoms with Crippen molar-refractivity contribution in [1.82, 2.24) is 20.0 Å². The second kappa shape index (κ2) is 9.10. The van der Waals surface area contributed by atoms with Crippen molar-refractivity contribution in [1.29, 1.82) is 0 Å². The number of rotatable bonds is 5. The van der Waals surface area contributed by atoms with Crippen LogP contribution in [0.25, 0.3) is 5.69 Å². The lowest BCUT2D eigenvalue weighted by Crippen LogP contribution is -2.44. The Bertz CT molecular complexity index is 1010. The van der Waals surface area contributed by atoms with Gasteiger partial charge in [-0.3, -0.25) is 9.69 Å². The third-order valence-corrected chi connectivity index (χ3v) is 6.10. The molecule has 1 aliphatic heterocycles. The maximum absolute atomic E-state index is 13.1. The molecule has 0 aliphatic carbocycles. The Morgan fingerprint density at radius 1 is 1.13 bits per heavy atom. The van der Waals surface area contributed by atoms with Crippen molar-refractivity contribution in [3.63, 3.8) is 0 Å². The van der Waals surface area contributed by atoms with Crippen LogP contribution < -0.4 is 5.32 Å². The quantitative estimate of drug-likeness (QED) is 0.597. The van der Waals surface area contributed by atoms with Gasteiger partial charge in [0.15, 0.2) is 0 Å². The third-order valence-electron chi connectivity index (χ3n) is 5.57. The van der Waals surface area contributed by atoms with Gasteiger partial charge < -0.3 is 5.32 Å². The lowest BCUT2D eigenvalue weighted by molar-refractivity contribution is 0.0908. The molecule has 0 saturated carbocycles. The van der Waals surface area contributed by atoms with Gasteiger partial charge in [0.2, 0.25) is 0 Å². The molecule has 1 aliphatic rings. The number of hydrogen-bond acceptors (Lipinski definition) is 3. The number of aromatic nitrogens is 2. The molecule has 1 saturated heterocycles. The standard InChI is InChI=1S/C23H24BrFN4O/c1-16-22(14-26-29(16)21-8-4-18(24)5-9-21)23(30)27-20-10-12-28(13-11-20)15-17-2-6-19(25)7-3-17/h2-9,14,20H,10-13,15H2,1H3,(H,27,30). The van der Waals surface area contributed by atoms with Crippen molar-refractivity contribution in [2.45, 2.75) is 32.4 Å². The van der Waals surface area contributed by atoms with Gasteiger partial charge in [-0.2, -0.15) is 5.10 Å². The minimum absolute atomic E-state index is 0.0761. The molecule has 156 valence electrons. The van der Waals surface area contributed by atoms with Crippen LogP contribution in [0.4, 0.5) is 4.39 Å². The van der Waals surface area contributed by atoms with Gasteiger partial charge in [-0.25, -0.2) is 9.07 Å². The average molecular weight is 471 g/mol. The lowest BCUT2D eigenvalue weighted by Gasteiger charge is -2.32. The van der Waals surface area contributed by atoms with Crippen LogP contribution in [0.5, 0.6) is 0 Å². The summed E-state index contributed by atoms with van der Waals surface area (Å²) in [6.07, 6.45) is 3.43. The Balaban J connectivity index is 1.33. The number of carbonyl (C=O) groups excluding carboxylic acids is 1. The first-order valence-electron chi connectivity index (χ1n) is 10.1. The van der Waals surface area contributed by atoms with Crippen LogP contribution in [-0.2, 0) is 6.54 Å². The number of piperidine rings is 1. The number of amides is 1. The van der Waals surface area contributed by atoms with Crippen LogP contribution in [0, 0.1) is 12.7 Å². The first-order chi connectivity index (χ1) is 14.5. The molecule has 2 aromatic carbocycles. The molecule has 5 nitrogen and oxygen atoms in total. The van der Waals surface area contributed by atoms with Gasteiger partial charge in [-0.15, -0.1) is 0 Å². The molecule has 0 spiro atoms. The highest BCUT2D eigenvalue weighted by Crippen LogP contribution is 2.19. The van der Waals surface area contributed by atoms with Crippen LogP contribution in [-0.4, -0.2) is 39.7 Å². The molecule has 3 aromatic rings. The highest BCUT2D eigenvalue weighted by molar-refractivity contribution is 9.10. The number of benzene rings is 2. The molecule has 0 unspecified atom stereocenters. The largest absolute Gasteiger partial charge is 0.349 e. The highest BCUT2D eigenvalue weighted by Gasteiger charge is 2.23. The zero-order chi connectivity index (χ0) is 21.1. The number of hydrogen-bond donors (Lipinski definition) is 1. The zero-order valence-corrected chi connectivity index (χ0v) is 18.4. The van der Waals surface area contributed by atoms with Crippen molar-refractivity contribution in [2.75, 3.05) is 13.1 Å². The van der Waals surface area contributed by atoms with E-state index in [9.17, 15) is 9.18 Å². The Kier molecular flexibility index (Phi) is 6.29. The van der Waals surface area contributed by atoms with Crippen LogP contribution in [0.1, 0.15) is 34.5 Å². The van der Waals surface area contributed by atoms with Gasteiger partial charge in [0.1, 0.15) is 5.82 Å². The molecule has 1 amide bonds. The van der Waals surface area contributed by atoms with Crippen LogP contribution in [0.3, 0.4) is 0 Å². The molecule has 0 atom stereocenters. The van der Waals surface area contributed by atoms with E-state index >= 15 is 0 Å². The molecule has 1 fully saturated rings. The summed E-state index contributed by atoms with van der Waals surface area (Å²) >= 11 is 3.43. The Morgan fingerprint density at radius 2 is 1.80 bits per heavy atom.